The Morgan fingerprint density at radius 3 is 3.00 bits per heavy atom. The van der Waals surface area contributed by atoms with Gasteiger partial charge in [0.05, 0.1) is 17.1 Å². The van der Waals surface area contributed by atoms with Crippen molar-refractivity contribution in [3.63, 3.8) is 0 Å². The number of nitrogens with two attached hydrogens (primary N) is 1. The van der Waals surface area contributed by atoms with Crippen LogP contribution in [-0.2, 0) is 13.1 Å². The largest absolute Gasteiger partial charge is 0.391 e. The van der Waals surface area contributed by atoms with Gasteiger partial charge in [0.2, 0.25) is 0 Å². The Hall–Kier alpha value is -1.48. The number of hydrogen-bond donors (Lipinski definition) is 1. The first kappa shape index (κ1) is 12.5. The zero-order valence-corrected chi connectivity index (χ0v) is 12.1. The number of fused-ring (bicyclic) bond motifs is 1. The summed E-state index contributed by atoms with van der Waals surface area (Å²) >= 11 is 7.38. The third-order valence-electron chi connectivity index (χ3n) is 3.02. The minimum Gasteiger partial charge on any atom is -0.391 e. The molecule has 98 valence electrons. The van der Waals surface area contributed by atoms with Crippen molar-refractivity contribution >= 4 is 27.9 Å². The summed E-state index contributed by atoms with van der Waals surface area (Å²) in [5, 5.41) is 0.681. The normalized spacial score (nSPS) is 14.8. The Balaban J connectivity index is 1.87. The van der Waals surface area contributed by atoms with Crippen molar-refractivity contribution in [2.45, 2.75) is 13.1 Å². The molecule has 0 saturated carbocycles. The van der Waals surface area contributed by atoms with Gasteiger partial charge in [0, 0.05) is 19.3 Å². The van der Waals surface area contributed by atoms with Crippen LogP contribution in [-0.4, -0.2) is 28.0 Å². The van der Waals surface area contributed by atoms with Crippen molar-refractivity contribution in [2.24, 2.45) is 0 Å². The molecule has 4 nitrogen and oxygen atoms in total. The predicted octanol–water partition coefficient (Wildman–Crippen LogP) is 2.03. The molecule has 0 spiro atoms. The molecule has 0 atom stereocenters. The van der Waals surface area contributed by atoms with E-state index in [1.54, 1.807) is 6.07 Å². The molecule has 6 heteroatoms. The van der Waals surface area contributed by atoms with E-state index >= 15 is 0 Å². The van der Waals surface area contributed by atoms with Crippen molar-refractivity contribution in [1.82, 2.24) is 14.5 Å². The standard InChI is InChI=1S/C13H13ClN4S/c1-17-4-5-18-7-10(16-12(18)8-17)3-2-9-6-11(15)19-13(9)14/h6-7H,4-5,8,15H2,1H3. The average molecular weight is 293 g/mol. The van der Waals surface area contributed by atoms with Crippen LogP contribution in [0.3, 0.4) is 0 Å². The van der Waals surface area contributed by atoms with E-state index in [0.717, 1.165) is 36.7 Å². The molecule has 3 heterocycles. The van der Waals surface area contributed by atoms with E-state index in [1.165, 1.54) is 11.3 Å². The van der Waals surface area contributed by atoms with Crippen LogP contribution in [0.5, 0.6) is 0 Å². The van der Waals surface area contributed by atoms with Gasteiger partial charge in [-0.2, -0.15) is 0 Å². The van der Waals surface area contributed by atoms with Gasteiger partial charge in [-0.3, -0.25) is 4.90 Å². The summed E-state index contributed by atoms with van der Waals surface area (Å²) in [5.41, 5.74) is 7.24. The Morgan fingerprint density at radius 2 is 2.26 bits per heavy atom. The monoisotopic (exact) mass is 292 g/mol. The molecule has 1 aliphatic rings. The molecular weight excluding hydrogens is 280 g/mol. The van der Waals surface area contributed by atoms with E-state index in [4.69, 9.17) is 17.3 Å². The lowest BCUT2D eigenvalue weighted by Gasteiger charge is -2.22. The van der Waals surface area contributed by atoms with Crippen molar-refractivity contribution in [1.29, 1.82) is 0 Å². The van der Waals surface area contributed by atoms with Crippen LogP contribution in [0.15, 0.2) is 12.3 Å². The summed E-state index contributed by atoms with van der Waals surface area (Å²) in [6.45, 7) is 2.88. The van der Waals surface area contributed by atoms with Crippen molar-refractivity contribution in [2.75, 3.05) is 19.3 Å². The number of hydrogen-bond acceptors (Lipinski definition) is 4. The fourth-order valence-corrected chi connectivity index (χ4v) is 3.01. The Labute approximate surface area is 120 Å². The fraction of sp³-hybridized carbons (Fsp3) is 0.308. The lowest BCUT2D eigenvalue weighted by Crippen LogP contribution is -2.30. The Morgan fingerprint density at radius 1 is 1.42 bits per heavy atom. The first-order chi connectivity index (χ1) is 9.11. The van der Waals surface area contributed by atoms with E-state index in [1.807, 2.05) is 6.20 Å². The molecule has 0 unspecified atom stereocenters. The van der Waals surface area contributed by atoms with Gasteiger partial charge in [0.25, 0.3) is 0 Å². The highest BCUT2D eigenvalue weighted by molar-refractivity contribution is 7.20. The molecule has 0 saturated heterocycles. The lowest BCUT2D eigenvalue weighted by molar-refractivity contribution is 0.264. The molecule has 0 aliphatic carbocycles. The van der Waals surface area contributed by atoms with E-state index < -0.39 is 0 Å². The zero-order valence-electron chi connectivity index (χ0n) is 10.5. The van der Waals surface area contributed by atoms with Gasteiger partial charge in [-0.25, -0.2) is 4.98 Å². The summed E-state index contributed by atoms with van der Waals surface area (Å²) in [6, 6.07) is 1.80. The lowest BCUT2D eigenvalue weighted by atomic mass is 10.3. The van der Waals surface area contributed by atoms with Crippen molar-refractivity contribution < 1.29 is 0 Å². The van der Waals surface area contributed by atoms with Crippen molar-refractivity contribution in [3.05, 3.63) is 33.7 Å². The summed E-state index contributed by atoms with van der Waals surface area (Å²) in [7, 11) is 2.09. The van der Waals surface area contributed by atoms with E-state index in [-0.39, 0.29) is 0 Å². The SMILES string of the molecule is CN1CCn2cc(C#Cc3cc(N)sc3Cl)nc2C1. The zero-order chi connectivity index (χ0) is 13.4. The molecule has 0 amide bonds. The minimum atomic E-state index is 0.633. The van der Waals surface area contributed by atoms with Gasteiger partial charge in [0.15, 0.2) is 0 Å². The average Bonchev–Trinajstić information content (AvgIpc) is 2.89. The highest BCUT2D eigenvalue weighted by Gasteiger charge is 2.14. The molecule has 0 radical (unpaired) electrons. The van der Waals surface area contributed by atoms with Crippen LogP contribution in [0.2, 0.25) is 4.34 Å². The third kappa shape index (κ3) is 2.61. The van der Waals surface area contributed by atoms with Crippen LogP contribution in [0.1, 0.15) is 17.1 Å². The maximum absolute atomic E-state index is 6.04. The summed E-state index contributed by atoms with van der Waals surface area (Å²) in [5.74, 6) is 7.15. The maximum atomic E-state index is 6.04. The van der Waals surface area contributed by atoms with E-state index in [9.17, 15) is 0 Å². The molecule has 3 rings (SSSR count). The number of nitrogen functional groups attached to an aromatic ring is 1. The quantitative estimate of drug-likeness (QED) is 0.756. The smallest absolute Gasteiger partial charge is 0.131 e. The number of nitrogens with zero attached hydrogens (tertiary/aromatic N) is 3. The fourth-order valence-electron chi connectivity index (χ4n) is 2.04. The van der Waals surface area contributed by atoms with Crippen LogP contribution < -0.4 is 5.73 Å². The van der Waals surface area contributed by atoms with Crippen LogP contribution >= 0.6 is 22.9 Å². The number of thiophene rings is 1. The number of imidazole rings is 1. The Bertz CT molecular complexity index is 677. The number of likely N-dealkylation sites (N-methyl/N-ethyl adjacent to an activating group) is 1. The first-order valence-corrected chi connectivity index (χ1v) is 7.12. The van der Waals surface area contributed by atoms with Gasteiger partial charge in [-0.05, 0) is 19.0 Å². The molecule has 2 aromatic heterocycles. The highest BCUT2D eigenvalue weighted by Crippen LogP contribution is 2.28. The summed E-state index contributed by atoms with van der Waals surface area (Å²) in [6.07, 6.45) is 2.00. The van der Waals surface area contributed by atoms with Gasteiger partial charge >= 0.3 is 0 Å². The van der Waals surface area contributed by atoms with Crippen LogP contribution in [0, 0.1) is 11.8 Å². The van der Waals surface area contributed by atoms with Crippen LogP contribution in [0.4, 0.5) is 5.00 Å². The second-order valence-electron chi connectivity index (χ2n) is 4.56. The minimum absolute atomic E-state index is 0.633. The number of aromatic nitrogens is 2. The maximum Gasteiger partial charge on any atom is 0.131 e. The predicted molar refractivity (Wildman–Crippen MR) is 78.3 cm³/mol. The van der Waals surface area contributed by atoms with Gasteiger partial charge < -0.3 is 10.3 Å². The third-order valence-corrected chi connectivity index (χ3v) is 4.21. The molecule has 0 aromatic carbocycles. The topological polar surface area (TPSA) is 47.1 Å². The molecule has 0 bridgehead atoms. The van der Waals surface area contributed by atoms with E-state index in [0.29, 0.717) is 9.34 Å². The van der Waals surface area contributed by atoms with Gasteiger partial charge in [-0.15, -0.1) is 11.3 Å². The highest BCUT2D eigenvalue weighted by atomic mass is 35.5. The van der Waals surface area contributed by atoms with E-state index in [2.05, 4.69) is 33.3 Å². The second kappa shape index (κ2) is 4.89. The van der Waals surface area contributed by atoms with Crippen molar-refractivity contribution in [3.8, 4) is 11.8 Å². The second-order valence-corrected chi connectivity index (χ2v) is 6.25. The Kier molecular flexibility index (Phi) is 3.23. The summed E-state index contributed by atoms with van der Waals surface area (Å²) in [4.78, 5) is 6.78. The molecule has 2 N–H and O–H groups in total. The van der Waals surface area contributed by atoms with Crippen LogP contribution in [0.25, 0.3) is 0 Å². The summed E-state index contributed by atoms with van der Waals surface area (Å²) < 4.78 is 2.79. The van der Waals surface area contributed by atoms with Gasteiger partial charge in [-0.1, -0.05) is 17.5 Å². The molecule has 1 aliphatic heterocycles. The first-order valence-electron chi connectivity index (χ1n) is 5.93. The number of halogens is 1. The molecular formula is C13H13ClN4S. The van der Waals surface area contributed by atoms with Gasteiger partial charge in [0.1, 0.15) is 15.9 Å². The number of anilines is 1. The molecule has 2 aromatic rings. The molecule has 19 heavy (non-hydrogen) atoms. The number of rotatable bonds is 0. The molecule has 0 fully saturated rings.